The third-order valence-electron chi connectivity index (χ3n) is 3.56. The maximum atomic E-state index is 12.9. The molecule has 0 aliphatic heterocycles. The molecule has 0 bridgehead atoms. The first-order valence-corrected chi connectivity index (χ1v) is 9.72. The van der Waals surface area contributed by atoms with Gasteiger partial charge in [0.1, 0.15) is 16.4 Å². The number of anilines is 1. The summed E-state index contributed by atoms with van der Waals surface area (Å²) < 4.78 is 38.6. The van der Waals surface area contributed by atoms with Gasteiger partial charge in [0.2, 0.25) is 0 Å². The monoisotopic (exact) mass is 392 g/mol. The molecule has 2 N–H and O–H groups in total. The number of amides is 1. The van der Waals surface area contributed by atoms with Crippen LogP contribution in [0.3, 0.4) is 0 Å². The van der Waals surface area contributed by atoms with Crippen LogP contribution in [0.25, 0.3) is 0 Å². The zero-order chi connectivity index (χ0) is 20.2. The largest absolute Gasteiger partial charge is 0.497 e. The topological polar surface area (TPSA) is 93.7 Å². The van der Waals surface area contributed by atoms with E-state index in [1.165, 1.54) is 32.4 Å². The van der Waals surface area contributed by atoms with Gasteiger partial charge in [-0.25, -0.2) is 8.42 Å². The van der Waals surface area contributed by atoms with Gasteiger partial charge in [-0.1, -0.05) is 12.1 Å². The minimum Gasteiger partial charge on any atom is -0.497 e. The zero-order valence-corrected chi connectivity index (χ0v) is 16.8. The molecule has 0 fully saturated rings. The molecule has 2 aromatic rings. The molecule has 0 saturated carbocycles. The number of rotatable bonds is 6. The predicted molar refractivity (Wildman–Crippen MR) is 104 cm³/mol. The fourth-order valence-corrected chi connectivity index (χ4v) is 3.64. The van der Waals surface area contributed by atoms with E-state index in [0.717, 1.165) is 0 Å². The van der Waals surface area contributed by atoms with E-state index in [0.29, 0.717) is 5.75 Å². The number of methoxy groups -OCH3 is 2. The summed E-state index contributed by atoms with van der Waals surface area (Å²) in [6.45, 7) is 5.54. The van der Waals surface area contributed by atoms with Gasteiger partial charge in [-0.3, -0.25) is 9.52 Å². The summed E-state index contributed by atoms with van der Waals surface area (Å²) >= 11 is 0. The van der Waals surface area contributed by atoms with Crippen LogP contribution < -0.4 is 19.5 Å². The van der Waals surface area contributed by atoms with Crippen molar-refractivity contribution in [1.82, 2.24) is 5.32 Å². The van der Waals surface area contributed by atoms with Crippen molar-refractivity contribution < 1.29 is 22.7 Å². The van der Waals surface area contributed by atoms with Crippen LogP contribution in [0.15, 0.2) is 47.4 Å². The second kappa shape index (κ2) is 7.87. The first-order valence-electron chi connectivity index (χ1n) is 8.24. The number of carbonyl (C=O) groups excluding carboxylic acids is 1. The van der Waals surface area contributed by atoms with E-state index in [4.69, 9.17) is 9.47 Å². The van der Waals surface area contributed by atoms with Gasteiger partial charge in [-0.15, -0.1) is 0 Å². The van der Waals surface area contributed by atoms with Crippen molar-refractivity contribution in [1.29, 1.82) is 0 Å². The Morgan fingerprint density at radius 3 is 2.26 bits per heavy atom. The van der Waals surface area contributed by atoms with Gasteiger partial charge >= 0.3 is 0 Å². The van der Waals surface area contributed by atoms with E-state index in [-0.39, 0.29) is 27.8 Å². The summed E-state index contributed by atoms with van der Waals surface area (Å²) in [6.07, 6.45) is 0. The van der Waals surface area contributed by atoms with Crippen molar-refractivity contribution in [2.75, 3.05) is 18.9 Å². The molecule has 0 heterocycles. The number of ether oxygens (including phenoxy) is 2. The first-order chi connectivity index (χ1) is 12.6. The lowest BCUT2D eigenvalue weighted by atomic mass is 10.1. The molecule has 7 nitrogen and oxygen atoms in total. The minimum atomic E-state index is -4.02. The molecule has 0 radical (unpaired) electrons. The van der Waals surface area contributed by atoms with E-state index >= 15 is 0 Å². The third kappa shape index (κ3) is 5.13. The Morgan fingerprint density at radius 2 is 1.67 bits per heavy atom. The minimum absolute atomic E-state index is 0.0876. The summed E-state index contributed by atoms with van der Waals surface area (Å²) in [7, 11) is -1.20. The summed E-state index contributed by atoms with van der Waals surface area (Å²) in [5, 5.41) is 2.82. The summed E-state index contributed by atoms with van der Waals surface area (Å²) in [4.78, 5) is 12.4. The van der Waals surface area contributed by atoms with Crippen LogP contribution in [0.1, 0.15) is 31.1 Å². The van der Waals surface area contributed by atoms with Crippen LogP contribution in [0.4, 0.5) is 5.69 Å². The number of hydrogen-bond donors (Lipinski definition) is 2. The third-order valence-corrected chi connectivity index (χ3v) is 4.95. The number of hydrogen-bond acceptors (Lipinski definition) is 5. The van der Waals surface area contributed by atoms with Crippen molar-refractivity contribution in [3.05, 3.63) is 48.0 Å². The molecule has 0 aromatic heterocycles. The second-order valence-electron chi connectivity index (χ2n) is 6.87. The lowest BCUT2D eigenvalue weighted by molar-refractivity contribution is 0.0920. The van der Waals surface area contributed by atoms with Gasteiger partial charge in [0, 0.05) is 11.6 Å². The van der Waals surface area contributed by atoms with E-state index in [9.17, 15) is 13.2 Å². The van der Waals surface area contributed by atoms with Gasteiger partial charge in [-0.05, 0) is 45.0 Å². The molecule has 0 atom stereocenters. The zero-order valence-electron chi connectivity index (χ0n) is 16.0. The Labute approximate surface area is 159 Å². The fraction of sp³-hybridized carbons (Fsp3) is 0.316. The number of nitrogens with one attached hydrogen (secondary N) is 2. The van der Waals surface area contributed by atoms with Crippen LogP contribution in [-0.4, -0.2) is 34.1 Å². The summed E-state index contributed by atoms with van der Waals surface area (Å²) in [5.41, 5.74) is -0.0685. The van der Waals surface area contributed by atoms with Crippen molar-refractivity contribution in [2.45, 2.75) is 31.2 Å². The highest BCUT2D eigenvalue weighted by atomic mass is 32.2. The molecule has 0 spiro atoms. The van der Waals surface area contributed by atoms with E-state index in [2.05, 4.69) is 10.0 Å². The smallest absolute Gasteiger partial charge is 0.265 e. The maximum absolute atomic E-state index is 12.9. The SMILES string of the molecule is COc1ccc(OC)c(S(=O)(=O)Nc2ccccc2C(=O)NC(C)(C)C)c1. The molecular weight excluding hydrogens is 368 g/mol. The molecule has 0 unspecified atom stereocenters. The Kier molecular flexibility index (Phi) is 6.00. The van der Waals surface area contributed by atoms with Crippen LogP contribution in [0.5, 0.6) is 11.5 Å². The standard InChI is InChI=1S/C19H24N2O5S/c1-19(2,3)20-18(22)14-8-6-7-9-15(14)21-27(23,24)17-12-13(25-4)10-11-16(17)26-5/h6-12,21H,1-5H3,(H,20,22). The van der Waals surface area contributed by atoms with E-state index in [1.807, 2.05) is 20.8 Å². The Bertz CT molecular complexity index is 933. The highest BCUT2D eigenvalue weighted by Crippen LogP contribution is 2.30. The maximum Gasteiger partial charge on any atom is 0.265 e. The van der Waals surface area contributed by atoms with Crippen LogP contribution >= 0.6 is 0 Å². The molecule has 27 heavy (non-hydrogen) atoms. The van der Waals surface area contributed by atoms with Crippen LogP contribution in [0.2, 0.25) is 0 Å². The van der Waals surface area contributed by atoms with Crippen molar-refractivity contribution >= 4 is 21.6 Å². The fourth-order valence-electron chi connectivity index (χ4n) is 2.37. The normalized spacial score (nSPS) is 11.6. The molecule has 2 rings (SSSR count). The van der Waals surface area contributed by atoms with Gasteiger partial charge in [0.05, 0.1) is 25.5 Å². The Balaban J connectivity index is 2.44. The summed E-state index contributed by atoms with van der Waals surface area (Å²) in [6, 6.07) is 10.9. The van der Waals surface area contributed by atoms with Crippen molar-refractivity contribution in [3.8, 4) is 11.5 Å². The van der Waals surface area contributed by atoms with Crippen molar-refractivity contribution in [3.63, 3.8) is 0 Å². The van der Waals surface area contributed by atoms with E-state index < -0.39 is 15.6 Å². The molecule has 0 saturated heterocycles. The Hall–Kier alpha value is -2.74. The number of sulfonamides is 1. The quantitative estimate of drug-likeness (QED) is 0.788. The van der Waals surface area contributed by atoms with Crippen molar-refractivity contribution in [2.24, 2.45) is 0 Å². The van der Waals surface area contributed by atoms with Gasteiger partial charge in [0.25, 0.3) is 15.9 Å². The highest BCUT2D eigenvalue weighted by Gasteiger charge is 2.24. The molecular formula is C19H24N2O5S. The second-order valence-corrected chi connectivity index (χ2v) is 8.52. The molecule has 8 heteroatoms. The van der Waals surface area contributed by atoms with Crippen LogP contribution in [0, 0.1) is 0 Å². The average Bonchev–Trinajstić information content (AvgIpc) is 2.59. The van der Waals surface area contributed by atoms with Crippen LogP contribution in [-0.2, 0) is 10.0 Å². The summed E-state index contributed by atoms with van der Waals surface area (Å²) in [5.74, 6) is 0.160. The molecule has 0 aliphatic carbocycles. The Morgan fingerprint density at radius 1 is 1.00 bits per heavy atom. The number of para-hydroxylation sites is 1. The van der Waals surface area contributed by atoms with Gasteiger partial charge < -0.3 is 14.8 Å². The lowest BCUT2D eigenvalue weighted by Crippen LogP contribution is -2.40. The van der Waals surface area contributed by atoms with E-state index in [1.54, 1.807) is 24.3 Å². The molecule has 146 valence electrons. The number of carbonyl (C=O) groups is 1. The first kappa shape index (κ1) is 20.6. The molecule has 1 amide bonds. The predicted octanol–water partition coefficient (Wildman–Crippen LogP) is 3.03. The lowest BCUT2D eigenvalue weighted by Gasteiger charge is -2.22. The highest BCUT2D eigenvalue weighted by molar-refractivity contribution is 7.92. The van der Waals surface area contributed by atoms with Gasteiger partial charge in [-0.2, -0.15) is 0 Å². The average molecular weight is 392 g/mol. The molecule has 0 aliphatic rings. The number of benzene rings is 2. The molecule has 2 aromatic carbocycles. The van der Waals surface area contributed by atoms with Gasteiger partial charge in [0.15, 0.2) is 0 Å².